The molecule has 1 aliphatic rings. The van der Waals surface area contributed by atoms with Gasteiger partial charge in [-0.05, 0) is 92.6 Å². The molecule has 4 heteroatoms. The van der Waals surface area contributed by atoms with E-state index in [0.29, 0.717) is 6.42 Å². The predicted molar refractivity (Wildman–Crippen MR) is 137 cm³/mol. The van der Waals surface area contributed by atoms with Crippen LogP contribution in [0.2, 0.25) is 0 Å². The molecule has 0 saturated carbocycles. The Labute approximate surface area is 199 Å². The first-order chi connectivity index (χ1) is 16.0. The Kier molecular flexibility index (Phi) is 9.32. The first-order valence-corrected chi connectivity index (χ1v) is 12.1. The second-order valence-corrected chi connectivity index (χ2v) is 8.95. The van der Waals surface area contributed by atoms with Gasteiger partial charge in [0.25, 0.3) is 0 Å². The minimum atomic E-state index is 0.0148. The van der Waals surface area contributed by atoms with Gasteiger partial charge in [-0.25, -0.2) is 0 Å². The summed E-state index contributed by atoms with van der Waals surface area (Å²) in [5.41, 5.74) is 7.05. The van der Waals surface area contributed by atoms with Gasteiger partial charge in [-0.2, -0.15) is 0 Å². The largest absolute Gasteiger partial charge is 0.378 e. The molecule has 0 bridgehead atoms. The minimum absolute atomic E-state index is 0.0148. The Hall–Kier alpha value is -2.85. The monoisotopic (exact) mass is 446 g/mol. The molecule has 0 aliphatic carbocycles. The zero-order valence-electron chi connectivity index (χ0n) is 20.5. The van der Waals surface area contributed by atoms with Gasteiger partial charge in [0.2, 0.25) is 5.91 Å². The van der Waals surface area contributed by atoms with E-state index in [1.54, 1.807) is 0 Å². The molecule has 1 saturated heterocycles. The van der Waals surface area contributed by atoms with Crippen molar-refractivity contribution < 1.29 is 9.53 Å². The van der Waals surface area contributed by atoms with Crippen molar-refractivity contribution in [2.45, 2.75) is 71.8 Å². The maximum Gasteiger partial charge on any atom is 0.226 e. The lowest BCUT2D eigenvalue weighted by molar-refractivity contribution is -0.119. The van der Waals surface area contributed by atoms with E-state index in [2.05, 4.69) is 80.9 Å². The molecule has 2 aromatic carbocycles. The summed E-state index contributed by atoms with van der Waals surface area (Å²) in [6.07, 6.45) is 10.8. The Morgan fingerprint density at radius 2 is 2.00 bits per heavy atom. The molecule has 0 aromatic heterocycles. The third kappa shape index (κ3) is 7.06. The van der Waals surface area contributed by atoms with Crippen LogP contribution in [0.4, 0.5) is 5.69 Å². The van der Waals surface area contributed by atoms with Gasteiger partial charge in [0.05, 0.1) is 12.5 Å². The van der Waals surface area contributed by atoms with Gasteiger partial charge in [0, 0.05) is 24.4 Å². The molecular formula is C29H38N2O2. The average molecular weight is 447 g/mol. The number of allylic oxidation sites excluding steroid dienone is 2. The molecule has 4 nitrogen and oxygen atoms in total. The number of amides is 1. The van der Waals surface area contributed by atoms with Gasteiger partial charge in [-0.15, -0.1) is 0 Å². The van der Waals surface area contributed by atoms with Gasteiger partial charge in [0.1, 0.15) is 0 Å². The highest BCUT2D eigenvalue weighted by molar-refractivity contribution is 5.91. The van der Waals surface area contributed by atoms with Crippen molar-refractivity contribution in [2.24, 2.45) is 0 Å². The molecule has 1 aliphatic heterocycles. The lowest BCUT2D eigenvalue weighted by atomic mass is 9.82. The van der Waals surface area contributed by atoms with Crippen LogP contribution in [0.15, 0.2) is 66.5 Å². The number of ether oxygens (including phenoxy) is 1. The molecule has 0 spiro atoms. The summed E-state index contributed by atoms with van der Waals surface area (Å²) in [6.45, 7) is 9.38. The summed E-state index contributed by atoms with van der Waals surface area (Å²) >= 11 is 0. The van der Waals surface area contributed by atoms with Gasteiger partial charge in [-0.1, -0.05) is 43.3 Å². The van der Waals surface area contributed by atoms with Gasteiger partial charge in [-0.3, -0.25) is 4.79 Å². The molecule has 1 amide bonds. The van der Waals surface area contributed by atoms with Gasteiger partial charge in [0.15, 0.2) is 0 Å². The molecular weight excluding hydrogens is 408 g/mol. The minimum Gasteiger partial charge on any atom is -0.378 e. The predicted octanol–water partition coefficient (Wildman–Crippen LogP) is 6.75. The summed E-state index contributed by atoms with van der Waals surface area (Å²) in [4.78, 5) is 12.6. The normalized spacial score (nSPS) is 17.7. The fourth-order valence-corrected chi connectivity index (χ4v) is 4.41. The fourth-order valence-electron chi connectivity index (χ4n) is 4.41. The highest BCUT2D eigenvalue weighted by Crippen LogP contribution is 2.35. The SMILES string of the molecule is CC/C=C/N/C=C(\C)C(c1cccc(NC(=O)CC2CCCCO2)c1)c1cccc(C)c1C. The van der Waals surface area contributed by atoms with Crippen LogP contribution in [-0.4, -0.2) is 18.6 Å². The van der Waals surface area contributed by atoms with E-state index >= 15 is 0 Å². The molecule has 1 heterocycles. The second-order valence-electron chi connectivity index (χ2n) is 8.95. The molecule has 33 heavy (non-hydrogen) atoms. The average Bonchev–Trinajstić information content (AvgIpc) is 2.80. The summed E-state index contributed by atoms with van der Waals surface area (Å²) in [5, 5.41) is 6.40. The summed E-state index contributed by atoms with van der Waals surface area (Å²) in [6, 6.07) is 14.7. The van der Waals surface area contributed by atoms with Crippen LogP contribution in [-0.2, 0) is 9.53 Å². The Morgan fingerprint density at radius 1 is 1.18 bits per heavy atom. The van der Waals surface area contributed by atoms with Crippen molar-refractivity contribution >= 4 is 11.6 Å². The summed E-state index contributed by atoms with van der Waals surface area (Å²) < 4.78 is 5.74. The number of carbonyl (C=O) groups excluding carboxylic acids is 1. The van der Waals surface area contributed by atoms with Crippen LogP contribution in [0.1, 0.15) is 74.1 Å². The Morgan fingerprint density at radius 3 is 2.76 bits per heavy atom. The lowest BCUT2D eigenvalue weighted by Gasteiger charge is -2.24. The number of rotatable bonds is 9. The highest BCUT2D eigenvalue weighted by Gasteiger charge is 2.21. The maximum atomic E-state index is 12.6. The van der Waals surface area contributed by atoms with E-state index in [-0.39, 0.29) is 17.9 Å². The van der Waals surface area contributed by atoms with E-state index in [1.807, 2.05) is 18.3 Å². The number of hydrogen-bond donors (Lipinski definition) is 2. The lowest BCUT2D eigenvalue weighted by Crippen LogP contribution is -2.25. The van der Waals surface area contributed by atoms with Crippen molar-refractivity contribution in [1.29, 1.82) is 0 Å². The summed E-state index contributed by atoms with van der Waals surface area (Å²) in [5.74, 6) is 0.104. The first kappa shape index (κ1) is 24.8. The molecule has 2 unspecified atom stereocenters. The molecule has 0 radical (unpaired) electrons. The van der Waals surface area contributed by atoms with Crippen LogP contribution in [0, 0.1) is 13.8 Å². The van der Waals surface area contributed by atoms with Crippen LogP contribution in [0.25, 0.3) is 0 Å². The zero-order chi connectivity index (χ0) is 23.6. The number of carbonyl (C=O) groups is 1. The van der Waals surface area contributed by atoms with Crippen molar-refractivity contribution in [3.05, 3.63) is 88.8 Å². The number of aryl methyl sites for hydroxylation is 1. The number of anilines is 1. The van der Waals surface area contributed by atoms with Crippen LogP contribution in [0.3, 0.4) is 0 Å². The highest BCUT2D eigenvalue weighted by atomic mass is 16.5. The molecule has 2 N–H and O–H groups in total. The van der Waals surface area contributed by atoms with Crippen molar-refractivity contribution in [1.82, 2.24) is 5.32 Å². The molecule has 176 valence electrons. The van der Waals surface area contributed by atoms with Gasteiger partial charge >= 0.3 is 0 Å². The number of hydrogen-bond acceptors (Lipinski definition) is 3. The van der Waals surface area contributed by atoms with E-state index in [1.165, 1.54) is 22.3 Å². The van der Waals surface area contributed by atoms with E-state index < -0.39 is 0 Å². The Bertz CT molecular complexity index is 987. The molecule has 1 fully saturated rings. The summed E-state index contributed by atoms with van der Waals surface area (Å²) in [7, 11) is 0. The van der Waals surface area contributed by atoms with Crippen LogP contribution < -0.4 is 10.6 Å². The quantitative estimate of drug-likeness (QED) is 0.448. The third-order valence-electron chi connectivity index (χ3n) is 6.36. The maximum absolute atomic E-state index is 12.6. The van der Waals surface area contributed by atoms with Crippen LogP contribution in [0.5, 0.6) is 0 Å². The smallest absolute Gasteiger partial charge is 0.226 e. The van der Waals surface area contributed by atoms with Gasteiger partial charge < -0.3 is 15.4 Å². The first-order valence-electron chi connectivity index (χ1n) is 12.1. The molecule has 3 rings (SSSR count). The number of nitrogens with one attached hydrogen (secondary N) is 2. The standard InChI is InChI=1S/C29H38N2O2/c1-5-6-16-30-20-22(3)29(27-15-9-11-21(2)23(27)4)24-12-10-13-25(18-24)31-28(32)19-26-14-7-8-17-33-26/h6,9-13,15-16,18,20,26,29-30H,5,7-8,14,17,19H2,1-4H3,(H,31,32)/b16-6+,22-20+. The fraction of sp³-hybridized carbons (Fsp3) is 0.414. The third-order valence-corrected chi connectivity index (χ3v) is 6.36. The zero-order valence-corrected chi connectivity index (χ0v) is 20.5. The van der Waals surface area contributed by atoms with E-state index in [0.717, 1.165) is 43.5 Å². The van der Waals surface area contributed by atoms with Crippen LogP contribution >= 0.6 is 0 Å². The topological polar surface area (TPSA) is 50.4 Å². The van der Waals surface area contributed by atoms with Crippen molar-refractivity contribution in [3.8, 4) is 0 Å². The second kappa shape index (κ2) is 12.4. The van der Waals surface area contributed by atoms with E-state index in [9.17, 15) is 4.79 Å². The molecule has 2 aromatic rings. The molecule has 2 atom stereocenters. The van der Waals surface area contributed by atoms with Crippen molar-refractivity contribution in [2.75, 3.05) is 11.9 Å². The Balaban J connectivity index is 1.86. The number of benzene rings is 2. The van der Waals surface area contributed by atoms with E-state index in [4.69, 9.17) is 4.74 Å². The van der Waals surface area contributed by atoms with Crippen molar-refractivity contribution in [3.63, 3.8) is 0 Å².